The maximum Gasteiger partial charge on any atom is 0.329 e. The summed E-state index contributed by atoms with van der Waals surface area (Å²) >= 11 is 0. The van der Waals surface area contributed by atoms with Gasteiger partial charge in [-0.1, -0.05) is 13.8 Å². The molecule has 0 saturated carbocycles. The van der Waals surface area contributed by atoms with Gasteiger partial charge in [-0.05, 0) is 42.3 Å². The van der Waals surface area contributed by atoms with Crippen molar-refractivity contribution in [2.24, 2.45) is 5.92 Å². The quantitative estimate of drug-likeness (QED) is 0.618. The van der Waals surface area contributed by atoms with Gasteiger partial charge in [-0.25, -0.2) is 4.79 Å². The van der Waals surface area contributed by atoms with E-state index in [9.17, 15) is 14.4 Å². The Morgan fingerprint density at radius 1 is 1.10 bits per heavy atom. The van der Waals surface area contributed by atoms with Gasteiger partial charge in [0.1, 0.15) is 6.04 Å². The highest BCUT2D eigenvalue weighted by Crippen LogP contribution is 2.19. The fourth-order valence-corrected chi connectivity index (χ4v) is 3.12. The second-order valence-electron chi connectivity index (χ2n) is 7.47. The van der Waals surface area contributed by atoms with E-state index in [-0.39, 0.29) is 11.7 Å². The van der Waals surface area contributed by atoms with Crippen molar-refractivity contribution in [2.45, 2.75) is 19.9 Å². The lowest BCUT2D eigenvalue weighted by molar-refractivity contribution is -0.150. The third-order valence-electron chi connectivity index (χ3n) is 4.82. The summed E-state index contributed by atoms with van der Waals surface area (Å²) in [5.41, 5.74) is 1.66. The first-order valence-corrected chi connectivity index (χ1v) is 10.2. The van der Waals surface area contributed by atoms with Crippen LogP contribution in [-0.4, -0.2) is 56.7 Å². The number of anilines is 2. The normalized spacial score (nSPS) is 14.7. The number of amides is 2. The molecule has 0 spiro atoms. The maximum atomic E-state index is 12.4. The molecule has 1 saturated heterocycles. The van der Waals surface area contributed by atoms with Crippen LogP contribution in [0.4, 0.5) is 11.4 Å². The first-order chi connectivity index (χ1) is 14.9. The van der Waals surface area contributed by atoms with Crippen molar-refractivity contribution in [2.75, 3.05) is 43.1 Å². The maximum absolute atomic E-state index is 12.4. The highest BCUT2D eigenvalue weighted by molar-refractivity contribution is 5.96. The number of hydrogen-bond acceptors (Lipinski definition) is 7. The van der Waals surface area contributed by atoms with E-state index in [1.165, 1.54) is 12.3 Å². The molecule has 3 rings (SSSR count). The largest absolute Gasteiger partial charge is 0.459 e. The van der Waals surface area contributed by atoms with Gasteiger partial charge in [0.15, 0.2) is 12.4 Å². The lowest BCUT2D eigenvalue weighted by Gasteiger charge is -2.28. The first-order valence-electron chi connectivity index (χ1n) is 10.2. The van der Waals surface area contributed by atoms with Gasteiger partial charge in [0.25, 0.3) is 11.8 Å². The van der Waals surface area contributed by atoms with Crippen molar-refractivity contribution in [3.63, 3.8) is 0 Å². The average molecular weight is 429 g/mol. The number of hydrogen-bond donors (Lipinski definition) is 2. The lowest BCUT2D eigenvalue weighted by Crippen LogP contribution is -2.45. The predicted molar refractivity (Wildman–Crippen MR) is 114 cm³/mol. The van der Waals surface area contributed by atoms with Gasteiger partial charge in [0, 0.05) is 24.5 Å². The zero-order chi connectivity index (χ0) is 22.2. The number of morpholine rings is 1. The Morgan fingerprint density at radius 2 is 1.81 bits per heavy atom. The van der Waals surface area contributed by atoms with Gasteiger partial charge in [-0.2, -0.15) is 0 Å². The molecular weight excluding hydrogens is 402 g/mol. The number of ether oxygens (including phenoxy) is 2. The SMILES string of the molecule is CC(C)[C@H](NC(=O)c1ccco1)C(=O)OCC(=O)Nc1ccc(N2CCOCC2)cc1. The zero-order valence-corrected chi connectivity index (χ0v) is 17.6. The summed E-state index contributed by atoms with van der Waals surface area (Å²) in [5.74, 6) is -1.82. The Bertz CT molecular complexity index is 873. The Morgan fingerprint density at radius 3 is 2.42 bits per heavy atom. The van der Waals surface area contributed by atoms with Crippen LogP contribution in [0, 0.1) is 5.92 Å². The van der Waals surface area contributed by atoms with Gasteiger partial charge < -0.3 is 29.4 Å². The van der Waals surface area contributed by atoms with Gasteiger partial charge in [0.05, 0.1) is 19.5 Å². The molecule has 2 amide bonds. The Hall–Kier alpha value is -3.33. The van der Waals surface area contributed by atoms with E-state index in [1.807, 2.05) is 12.1 Å². The van der Waals surface area contributed by atoms with E-state index in [0.29, 0.717) is 18.9 Å². The molecule has 1 aliphatic rings. The highest BCUT2D eigenvalue weighted by Gasteiger charge is 2.27. The van der Waals surface area contributed by atoms with Crippen molar-refractivity contribution in [1.82, 2.24) is 5.32 Å². The van der Waals surface area contributed by atoms with Crippen LogP contribution in [0.2, 0.25) is 0 Å². The second kappa shape index (κ2) is 10.6. The minimum atomic E-state index is -0.904. The zero-order valence-electron chi connectivity index (χ0n) is 17.6. The van der Waals surface area contributed by atoms with Gasteiger partial charge >= 0.3 is 5.97 Å². The van der Waals surface area contributed by atoms with Gasteiger partial charge in [-0.15, -0.1) is 0 Å². The summed E-state index contributed by atoms with van der Waals surface area (Å²) in [6.45, 7) is 6.13. The van der Waals surface area contributed by atoms with Crippen LogP contribution in [-0.2, 0) is 19.1 Å². The van der Waals surface area contributed by atoms with Gasteiger partial charge in [-0.3, -0.25) is 9.59 Å². The molecule has 1 aromatic heterocycles. The number of esters is 1. The van der Waals surface area contributed by atoms with Crippen molar-refractivity contribution in [1.29, 1.82) is 0 Å². The van der Waals surface area contributed by atoms with E-state index in [0.717, 1.165) is 18.8 Å². The van der Waals surface area contributed by atoms with Crippen LogP contribution in [0.25, 0.3) is 0 Å². The number of nitrogens with one attached hydrogen (secondary N) is 2. The molecule has 1 aromatic carbocycles. The number of nitrogens with zero attached hydrogens (tertiary/aromatic N) is 1. The fourth-order valence-electron chi connectivity index (χ4n) is 3.12. The van der Waals surface area contributed by atoms with Crippen molar-refractivity contribution in [3.05, 3.63) is 48.4 Å². The molecule has 1 aliphatic heterocycles. The molecule has 0 unspecified atom stereocenters. The summed E-state index contributed by atoms with van der Waals surface area (Å²) < 4.78 is 15.5. The van der Waals surface area contributed by atoms with Crippen LogP contribution >= 0.6 is 0 Å². The molecule has 1 fully saturated rings. The average Bonchev–Trinajstić information content (AvgIpc) is 3.32. The predicted octanol–water partition coefficient (Wildman–Crippen LogP) is 2.05. The van der Waals surface area contributed by atoms with Crippen LogP contribution in [0.5, 0.6) is 0 Å². The molecule has 9 nitrogen and oxygen atoms in total. The monoisotopic (exact) mass is 429 g/mol. The first kappa shape index (κ1) is 22.4. The second-order valence-corrected chi connectivity index (χ2v) is 7.47. The molecule has 166 valence electrons. The van der Waals surface area contributed by atoms with Gasteiger partial charge in [0.2, 0.25) is 0 Å². The molecule has 0 radical (unpaired) electrons. The molecule has 9 heteroatoms. The Kier molecular flexibility index (Phi) is 7.66. The van der Waals surface area contributed by atoms with E-state index < -0.39 is 30.4 Å². The molecular formula is C22H27N3O6. The Balaban J connectivity index is 1.48. The summed E-state index contributed by atoms with van der Waals surface area (Å²) in [6, 6.07) is 9.61. The molecule has 0 aliphatic carbocycles. The van der Waals surface area contributed by atoms with Crippen molar-refractivity contribution < 1.29 is 28.3 Å². The minimum Gasteiger partial charge on any atom is -0.459 e. The van der Waals surface area contributed by atoms with Crippen molar-refractivity contribution in [3.8, 4) is 0 Å². The molecule has 0 bridgehead atoms. The molecule has 2 N–H and O–H groups in total. The summed E-state index contributed by atoms with van der Waals surface area (Å²) in [6.07, 6.45) is 1.37. The third kappa shape index (κ3) is 6.32. The van der Waals surface area contributed by atoms with Crippen LogP contribution < -0.4 is 15.5 Å². The number of furan rings is 1. The third-order valence-corrected chi connectivity index (χ3v) is 4.82. The minimum absolute atomic E-state index is 0.0942. The lowest BCUT2D eigenvalue weighted by atomic mass is 10.0. The van der Waals surface area contributed by atoms with Crippen molar-refractivity contribution >= 4 is 29.2 Å². The molecule has 1 atom stereocenters. The number of carbonyl (C=O) groups excluding carboxylic acids is 3. The van der Waals surface area contributed by atoms with Crippen LogP contribution in [0.3, 0.4) is 0 Å². The van der Waals surface area contributed by atoms with Crippen LogP contribution in [0.15, 0.2) is 47.1 Å². The molecule has 2 aromatic rings. The number of rotatable bonds is 8. The highest BCUT2D eigenvalue weighted by atomic mass is 16.5. The Labute approximate surface area is 180 Å². The summed E-state index contributed by atoms with van der Waals surface area (Å²) in [7, 11) is 0. The number of benzene rings is 1. The van der Waals surface area contributed by atoms with E-state index in [2.05, 4.69) is 15.5 Å². The summed E-state index contributed by atoms with van der Waals surface area (Å²) in [4.78, 5) is 38.9. The fraction of sp³-hybridized carbons (Fsp3) is 0.409. The molecule has 31 heavy (non-hydrogen) atoms. The van der Waals surface area contributed by atoms with E-state index in [1.54, 1.807) is 32.0 Å². The smallest absolute Gasteiger partial charge is 0.329 e. The van der Waals surface area contributed by atoms with E-state index in [4.69, 9.17) is 13.9 Å². The standard InChI is InChI=1S/C22H27N3O6/c1-15(2)20(24-21(27)18-4-3-11-30-18)22(28)31-14-19(26)23-16-5-7-17(8-6-16)25-9-12-29-13-10-25/h3-8,11,15,20H,9-10,12-14H2,1-2H3,(H,23,26)(H,24,27)/t20-/m0/s1. The number of carbonyl (C=O) groups is 3. The summed E-state index contributed by atoms with van der Waals surface area (Å²) in [5, 5.41) is 5.27. The van der Waals surface area contributed by atoms with Crippen LogP contribution in [0.1, 0.15) is 24.4 Å². The van der Waals surface area contributed by atoms with E-state index >= 15 is 0 Å². The molecule has 2 heterocycles. The topological polar surface area (TPSA) is 110 Å².